The van der Waals surface area contributed by atoms with E-state index in [1.165, 1.54) is 0 Å². The van der Waals surface area contributed by atoms with Crippen LogP contribution in [-0.2, 0) is 6.61 Å². The van der Waals surface area contributed by atoms with Gasteiger partial charge in [-0.3, -0.25) is 0 Å². The molecule has 0 aliphatic rings. The first-order chi connectivity index (χ1) is 8.68. The molecule has 2 N–H and O–H groups in total. The molecule has 0 fully saturated rings. The molecule has 0 heterocycles. The smallest absolute Gasteiger partial charge is 0.132 e. The first kappa shape index (κ1) is 12.6. The van der Waals surface area contributed by atoms with Crippen LogP contribution in [0.25, 0.3) is 0 Å². The lowest BCUT2D eigenvalue weighted by Crippen LogP contribution is -2.12. The van der Waals surface area contributed by atoms with Gasteiger partial charge in [-0.05, 0) is 24.1 Å². The molecule has 18 heavy (non-hydrogen) atoms. The van der Waals surface area contributed by atoms with Gasteiger partial charge in [-0.15, -0.1) is 0 Å². The molecule has 0 spiro atoms. The van der Waals surface area contributed by atoms with Crippen LogP contribution in [0.1, 0.15) is 16.7 Å². The van der Waals surface area contributed by atoms with Gasteiger partial charge in [0.15, 0.2) is 0 Å². The Kier molecular flexibility index (Phi) is 3.95. The molecule has 0 bridgehead atoms. The second kappa shape index (κ2) is 5.65. The Morgan fingerprint density at radius 2 is 1.83 bits per heavy atom. The van der Waals surface area contributed by atoms with Crippen molar-refractivity contribution >= 4 is 17.2 Å². The minimum absolute atomic E-state index is 0.363. The summed E-state index contributed by atoms with van der Waals surface area (Å²) in [5.41, 5.74) is 8.65. The lowest BCUT2D eigenvalue weighted by molar-refractivity contribution is 0.303. The number of ether oxygens (including phenoxy) is 1. The third kappa shape index (κ3) is 2.87. The summed E-state index contributed by atoms with van der Waals surface area (Å²) in [6.07, 6.45) is 0. The minimum atomic E-state index is 0.363. The molecule has 0 saturated heterocycles. The van der Waals surface area contributed by atoms with Crippen LogP contribution in [-0.4, -0.2) is 4.99 Å². The molecule has 2 nitrogen and oxygen atoms in total. The second-order valence-corrected chi connectivity index (χ2v) is 4.53. The average molecular weight is 257 g/mol. The van der Waals surface area contributed by atoms with Crippen molar-refractivity contribution in [3.63, 3.8) is 0 Å². The largest absolute Gasteiger partial charge is 0.488 e. The predicted molar refractivity (Wildman–Crippen MR) is 77.8 cm³/mol. The molecule has 0 atom stereocenters. The van der Waals surface area contributed by atoms with Gasteiger partial charge in [0.25, 0.3) is 0 Å². The van der Waals surface area contributed by atoms with E-state index in [4.69, 9.17) is 22.7 Å². The minimum Gasteiger partial charge on any atom is -0.488 e. The van der Waals surface area contributed by atoms with E-state index >= 15 is 0 Å². The van der Waals surface area contributed by atoms with Crippen molar-refractivity contribution in [3.05, 3.63) is 65.2 Å². The van der Waals surface area contributed by atoms with Crippen molar-refractivity contribution in [2.75, 3.05) is 0 Å². The molecule has 0 aliphatic heterocycles. The monoisotopic (exact) mass is 257 g/mol. The Morgan fingerprint density at radius 1 is 1.11 bits per heavy atom. The van der Waals surface area contributed by atoms with Gasteiger partial charge >= 0.3 is 0 Å². The number of thiocarbonyl (C=S) groups is 1. The van der Waals surface area contributed by atoms with E-state index in [1.54, 1.807) is 0 Å². The molecule has 2 aromatic rings. The number of rotatable bonds is 4. The summed E-state index contributed by atoms with van der Waals surface area (Å²) in [6.45, 7) is 2.50. The standard InChI is InChI=1S/C15H15NOS/c1-11-6-5-9-13(15(16)18)14(11)17-10-12-7-3-2-4-8-12/h2-9H,10H2,1H3,(H2,16,18). The maximum absolute atomic E-state index is 5.85. The van der Waals surface area contributed by atoms with Crippen molar-refractivity contribution in [2.45, 2.75) is 13.5 Å². The molecular weight excluding hydrogens is 242 g/mol. The van der Waals surface area contributed by atoms with Gasteiger partial charge in [-0.2, -0.15) is 0 Å². The first-order valence-electron chi connectivity index (χ1n) is 5.74. The average Bonchev–Trinajstić information content (AvgIpc) is 2.38. The van der Waals surface area contributed by atoms with Gasteiger partial charge in [0.05, 0.1) is 5.56 Å². The summed E-state index contributed by atoms with van der Waals surface area (Å²) in [5, 5.41) is 0. The lowest BCUT2D eigenvalue weighted by atomic mass is 10.1. The fourth-order valence-corrected chi connectivity index (χ4v) is 1.93. The fraction of sp³-hybridized carbons (Fsp3) is 0.133. The maximum atomic E-state index is 5.85. The highest BCUT2D eigenvalue weighted by Crippen LogP contribution is 2.24. The number of benzene rings is 2. The molecule has 3 heteroatoms. The Balaban J connectivity index is 2.21. The third-order valence-electron chi connectivity index (χ3n) is 2.70. The summed E-state index contributed by atoms with van der Waals surface area (Å²) in [6, 6.07) is 15.8. The zero-order valence-corrected chi connectivity index (χ0v) is 11.0. The highest BCUT2D eigenvalue weighted by molar-refractivity contribution is 7.80. The summed E-state index contributed by atoms with van der Waals surface area (Å²) in [4.78, 5) is 0.363. The van der Waals surface area contributed by atoms with Crippen molar-refractivity contribution in [1.29, 1.82) is 0 Å². The number of aryl methyl sites for hydroxylation is 1. The summed E-state index contributed by atoms with van der Waals surface area (Å²) in [7, 11) is 0. The molecule has 0 aromatic heterocycles. The Morgan fingerprint density at radius 3 is 2.50 bits per heavy atom. The first-order valence-corrected chi connectivity index (χ1v) is 6.15. The van der Waals surface area contributed by atoms with Gasteiger partial charge in [0.2, 0.25) is 0 Å². The van der Waals surface area contributed by atoms with Gasteiger partial charge in [0.1, 0.15) is 17.3 Å². The van der Waals surface area contributed by atoms with E-state index in [1.807, 2.05) is 55.5 Å². The molecule has 2 rings (SSSR count). The zero-order valence-electron chi connectivity index (χ0n) is 10.2. The van der Waals surface area contributed by atoms with Crippen LogP contribution in [0.4, 0.5) is 0 Å². The van der Waals surface area contributed by atoms with Crippen molar-refractivity contribution in [2.24, 2.45) is 5.73 Å². The number of hydrogen-bond acceptors (Lipinski definition) is 2. The summed E-state index contributed by atoms with van der Waals surface area (Å²) >= 11 is 5.04. The molecule has 0 saturated carbocycles. The van der Waals surface area contributed by atoms with Crippen LogP contribution in [0, 0.1) is 6.92 Å². The van der Waals surface area contributed by atoms with Crippen LogP contribution < -0.4 is 10.5 Å². The topological polar surface area (TPSA) is 35.2 Å². The lowest BCUT2D eigenvalue weighted by Gasteiger charge is -2.13. The zero-order chi connectivity index (χ0) is 13.0. The molecular formula is C15H15NOS. The molecule has 0 amide bonds. The van der Waals surface area contributed by atoms with Crippen LogP contribution in [0.15, 0.2) is 48.5 Å². The highest BCUT2D eigenvalue weighted by Gasteiger charge is 2.09. The quantitative estimate of drug-likeness (QED) is 0.854. The van der Waals surface area contributed by atoms with E-state index in [2.05, 4.69) is 0 Å². The second-order valence-electron chi connectivity index (χ2n) is 4.09. The van der Waals surface area contributed by atoms with Gasteiger partial charge < -0.3 is 10.5 Å². The third-order valence-corrected chi connectivity index (χ3v) is 2.92. The predicted octanol–water partition coefficient (Wildman–Crippen LogP) is 3.21. The van der Waals surface area contributed by atoms with Crippen molar-refractivity contribution < 1.29 is 4.74 Å². The number of hydrogen-bond donors (Lipinski definition) is 1. The SMILES string of the molecule is Cc1cccc(C(N)=S)c1OCc1ccccc1. The van der Waals surface area contributed by atoms with Crippen LogP contribution in [0.5, 0.6) is 5.75 Å². The number of nitrogens with two attached hydrogens (primary N) is 1. The maximum Gasteiger partial charge on any atom is 0.132 e. The van der Waals surface area contributed by atoms with Gasteiger partial charge in [0, 0.05) is 0 Å². The Labute approximate surface area is 112 Å². The van der Waals surface area contributed by atoms with E-state index < -0.39 is 0 Å². The van der Waals surface area contributed by atoms with E-state index in [-0.39, 0.29) is 0 Å². The summed E-state index contributed by atoms with van der Waals surface area (Å²) in [5.74, 6) is 0.772. The van der Waals surface area contributed by atoms with E-state index in [9.17, 15) is 0 Å². The van der Waals surface area contributed by atoms with E-state index in [0.717, 1.165) is 22.4 Å². The van der Waals surface area contributed by atoms with E-state index in [0.29, 0.717) is 11.6 Å². The molecule has 0 aliphatic carbocycles. The van der Waals surface area contributed by atoms with Crippen molar-refractivity contribution in [1.82, 2.24) is 0 Å². The summed E-state index contributed by atoms with van der Waals surface area (Å²) < 4.78 is 5.85. The van der Waals surface area contributed by atoms with Crippen molar-refractivity contribution in [3.8, 4) is 5.75 Å². The molecule has 2 aromatic carbocycles. The Bertz CT molecular complexity index is 552. The molecule has 92 valence electrons. The molecule has 0 radical (unpaired) electrons. The fourth-order valence-electron chi connectivity index (χ4n) is 1.77. The Hall–Kier alpha value is -1.87. The van der Waals surface area contributed by atoms with Crippen LogP contribution in [0.2, 0.25) is 0 Å². The highest BCUT2D eigenvalue weighted by atomic mass is 32.1. The molecule has 0 unspecified atom stereocenters. The van der Waals surface area contributed by atoms with Gasteiger partial charge in [-0.25, -0.2) is 0 Å². The number of para-hydroxylation sites is 1. The van der Waals surface area contributed by atoms with Crippen LogP contribution in [0.3, 0.4) is 0 Å². The van der Waals surface area contributed by atoms with Crippen LogP contribution >= 0.6 is 12.2 Å². The van der Waals surface area contributed by atoms with Gasteiger partial charge in [-0.1, -0.05) is 54.7 Å². The normalized spacial score (nSPS) is 10.1.